The van der Waals surface area contributed by atoms with Gasteiger partial charge in [-0.15, -0.1) is 0 Å². The van der Waals surface area contributed by atoms with Crippen molar-refractivity contribution in [1.82, 2.24) is 0 Å². The molecule has 0 aromatic heterocycles. The summed E-state index contributed by atoms with van der Waals surface area (Å²) in [6, 6.07) is 0. The van der Waals surface area contributed by atoms with Crippen LogP contribution in [0.2, 0.25) is 0 Å². The van der Waals surface area contributed by atoms with E-state index in [4.69, 9.17) is 9.47 Å². The predicted octanol–water partition coefficient (Wildman–Crippen LogP) is 5.04. The molecule has 0 rings (SSSR count). The Kier molecular flexibility index (Phi) is 16.2. The van der Waals surface area contributed by atoms with Gasteiger partial charge in [0.1, 0.15) is 6.54 Å². The zero-order valence-corrected chi connectivity index (χ0v) is 24.6. The average Bonchev–Trinajstić information content (AvgIpc) is 2.66. The number of nitrogens with zero attached hydrogens (tertiary/aromatic N) is 1. The highest BCUT2D eigenvalue weighted by molar-refractivity contribution is 5.71. The Morgan fingerprint density at radius 3 is 1.56 bits per heavy atom. The molecule has 0 amide bonds. The fourth-order valence-corrected chi connectivity index (χ4v) is 4.61. The quantitative estimate of drug-likeness (QED) is 0.121. The third-order valence-corrected chi connectivity index (χ3v) is 6.45. The molecule has 0 aliphatic heterocycles. The zero-order valence-electron chi connectivity index (χ0n) is 24.6. The van der Waals surface area contributed by atoms with Crippen LogP contribution in [0.3, 0.4) is 0 Å². The molecule has 7 nitrogen and oxygen atoms in total. The maximum Gasteiger partial charge on any atom is 0.306 e. The van der Waals surface area contributed by atoms with Crippen LogP contribution in [-0.2, 0) is 23.9 Å². The second-order valence-electron chi connectivity index (χ2n) is 13.0. The van der Waals surface area contributed by atoms with Gasteiger partial charge in [-0.05, 0) is 30.6 Å². The van der Waals surface area contributed by atoms with E-state index >= 15 is 0 Å². The molecular formula is C29H55NO6. The van der Waals surface area contributed by atoms with E-state index in [0.29, 0.717) is 30.5 Å². The Balaban J connectivity index is 4.03. The number of quaternary nitrogens is 1. The van der Waals surface area contributed by atoms with Gasteiger partial charge in [0.2, 0.25) is 0 Å². The summed E-state index contributed by atoms with van der Waals surface area (Å²) >= 11 is 0. The minimum Gasteiger partial charge on any atom is -0.550 e. The Morgan fingerprint density at radius 1 is 0.750 bits per heavy atom. The molecule has 7 heteroatoms. The van der Waals surface area contributed by atoms with Crippen LogP contribution >= 0.6 is 0 Å². The molecule has 0 saturated carbocycles. The number of carbonyl (C=O) groups is 3. The number of hydrogen-bond donors (Lipinski definition) is 0. The molecule has 0 aliphatic carbocycles. The number of aliphatic carboxylic acids is 1. The molecular weight excluding hydrogens is 458 g/mol. The van der Waals surface area contributed by atoms with Gasteiger partial charge < -0.3 is 23.9 Å². The van der Waals surface area contributed by atoms with Gasteiger partial charge in [-0.3, -0.25) is 9.59 Å². The van der Waals surface area contributed by atoms with Gasteiger partial charge in [-0.1, -0.05) is 79.1 Å². The fourth-order valence-electron chi connectivity index (χ4n) is 4.61. The fraction of sp³-hybridized carbons (Fsp3) is 0.897. The lowest BCUT2D eigenvalue weighted by atomic mass is 9.83. The predicted molar refractivity (Wildman–Crippen MR) is 142 cm³/mol. The molecule has 0 aliphatic rings. The molecule has 0 N–H and O–H groups in total. The molecule has 36 heavy (non-hydrogen) atoms. The third kappa shape index (κ3) is 20.6. The van der Waals surface area contributed by atoms with E-state index in [2.05, 4.69) is 27.7 Å². The lowest BCUT2D eigenvalue weighted by Gasteiger charge is -2.30. The standard InChI is InChI=1S/C29H55NO6/c1-9-35-26(33)21-28(2,3)18-16-14-12-10-11-13-15-17-19-29(4,5)22-27(34)36-24(20-25(31)32)23-30(6,7)8/h24H,9-23H2,1-8H3. The van der Waals surface area contributed by atoms with E-state index in [1.54, 1.807) is 0 Å². The number of ether oxygens (including phenoxy) is 2. The Morgan fingerprint density at radius 2 is 1.17 bits per heavy atom. The summed E-state index contributed by atoms with van der Waals surface area (Å²) in [4.78, 5) is 35.2. The number of unbranched alkanes of at least 4 members (excludes halogenated alkanes) is 7. The SMILES string of the molecule is CCOC(=O)CC(C)(C)CCCCCCCCCCC(C)(C)CC(=O)OC(CC(=O)[O-])C[N+](C)(C)C. The van der Waals surface area contributed by atoms with E-state index in [0.717, 1.165) is 32.1 Å². The summed E-state index contributed by atoms with van der Waals surface area (Å²) in [5.74, 6) is -1.62. The number of esters is 2. The highest BCUT2D eigenvalue weighted by Gasteiger charge is 2.27. The van der Waals surface area contributed by atoms with Crippen molar-refractivity contribution >= 4 is 17.9 Å². The number of likely N-dealkylation sites (N-methyl/N-ethyl adjacent to an activating group) is 1. The molecule has 0 saturated heterocycles. The smallest absolute Gasteiger partial charge is 0.306 e. The van der Waals surface area contributed by atoms with Crippen molar-refractivity contribution in [2.75, 3.05) is 34.3 Å². The van der Waals surface area contributed by atoms with Crippen LogP contribution in [-0.4, -0.2) is 62.8 Å². The number of rotatable bonds is 21. The highest BCUT2D eigenvalue weighted by Crippen LogP contribution is 2.30. The van der Waals surface area contributed by atoms with E-state index in [1.807, 2.05) is 28.1 Å². The first-order valence-corrected chi connectivity index (χ1v) is 13.9. The second-order valence-corrected chi connectivity index (χ2v) is 13.0. The van der Waals surface area contributed by atoms with Gasteiger partial charge in [-0.25, -0.2) is 0 Å². The highest BCUT2D eigenvalue weighted by atomic mass is 16.5. The van der Waals surface area contributed by atoms with Crippen molar-refractivity contribution in [1.29, 1.82) is 0 Å². The lowest BCUT2D eigenvalue weighted by molar-refractivity contribution is -0.873. The Labute approximate surface area is 220 Å². The van der Waals surface area contributed by atoms with Gasteiger partial charge in [0.15, 0.2) is 6.10 Å². The number of carboxylic acid groups (broad SMARTS) is 1. The van der Waals surface area contributed by atoms with E-state index in [9.17, 15) is 19.5 Å². The summed E-state index contributed by atoms with van der Waals surface area (Å²) in [6.07, 6.45) is 11.3. The number of carboxylic acids is 1. The molecule has 0 heterocycles. The third-order valence-electron chi connectivity index (χ3n) is 6.45. The van der Waals surface area contributed by atoms with Gasteiger partial charge in [0.05, 0.1) is 40.6 Å². The van der Waals surface area contributed by atoms with Crippen molar-refractivity contribution in [3.05, 3.63) is 0 Å². The van der Waals surface area contributed by atoms with Crippen LogP contribution in [0.25, 0.3) is 0 Å². The van der Waals surface area contributed by atoms with E-state index in [-0.39, 0.29) is 29.2 Å². The molecule has 0 aromatic rings. The first-order valence-electron chi connectivity index (χ1n) is 13.9. The number of hydrogen-bond acceptors (Lipinski definition) is 6. The van der Waals surface area contributed by atoms with Gasteiger partial charge in [0.25, 0.3) is 0 Å². The van der Waals surface area contributed by atoms with Crippen LogP contribution in [0.4, 0.5) is 0 Å². The summed E-state index contributed by atoms with van der Waals surface area (Å²) < 4.78 is 11.1. The molecule has 0 radical (unpaired) electrons. The molecule has 1 atom stereocenters. The summed E-state index contributed by atoms with van der Waals surface area (Å²) in [5.41, 5.74) is -0.165. The maximum atomic E-state index is 12.5. The number of carbonyl (C=O) groups excluding carboxylic acids is 3. The first-order chi connectivity index (χ1) is 16.6. The van der Waals surface area contributed by atoms with Crippen molar-refractivity contribution in [2.45, 2.75) is 124 Å². The Hall–Kier alpha value is -1.63. The first kappa shape index (κ1) is 34.4. The molecule has 0 spiro atoms. The molecule has 0 aromatic carbocycles. The van der Waals surface area contributed by atoms with Crippen molar-refractivity contribution in [3.63, 3.8) is 0 Å². The van der Waals surface area contributed by atoms with E-state index < -0.39 is 12.1 Å². The van der Waals surface area contributed by atoms with Crippen molar-refractivity contribution in [2.24, 2.45) is 10.8 Å². The summed E-state index contributed by atoms with van der Waals surface area (Å²) in [6.45, 7) is 11.2. The van der Waals surface area contributed by atoms with Crippen LogP contribution in [0.15, 0.2) is 0 Å². The minimum atomic E-state index is -1.20. The monoisotopic (exact) mass is 513 g/mol. The molecule has 1 unspecified atom stereocenters. The van der Waals surface area contributed by atoms with Gasteiger partial charge in [-0.2, -0.15) is 0 Å². The van der Waals surface area contributed by atoms with Gasteiger partial charge in [0, 0.05) is 12.4 Å². The van der Waals surface area contributed by atoms with E-state index in [1.165, 1.54) is 32.1 Å². The van der Waals surface area contributed by atoms with Crippen molar-refractivity contribution in [3.8, 4) is 0 Å². The second kappa shape index (κ2) is 17.0. The van der Waals surface area contributed by atoms with Crippen molar-refractivity contribution < 1.29 is 33.4 Å². The average molecular weight is 514 g/mol. The molecule has 0 fully saturated rings. The van der Waals surface area contributed by atoms with Crippen LogP contribution in [0.1, 0.15) is 118 Å². The maximum absolute atomic E-state index is 12.5. The largest absolute Gasteiger partial charge is 0.550 e. The summed E-state index contributed by atoms with van der Waals surface area (Å²) in [7, 11) is 5.82. The minimum absolute atomic E-state index is 0.00562. The lowest BCUT2D eigenvalue weighted by Crippen LogP contribution is -2.45. The molecule has 0 bridgehead atoms. The van der Waals surface area contributed by atoms with Crippen LogP contribution in [0.5, 0.6) is 0 Å². The Bertz CT molecular complexity index is 651. The topological polar surface area (TPSA) is 92.7 Å². The molecule has 212 valence electrons. The normalized spacial score (nSPS) is 13.3. The van der Waals surface area contributed by atoms with Crippen LogP contribution in [0, 0.1) is 10.8 Å². The zero-order chi connectivity index (χ0) is 27.8. The summed E-state index contributed by atoms with van der Waals surface area (Å²) in [5, 5.41) is 11.0. The van der Waals surface area contributed by atoms with Gasteiger partial charge >= 0.3 is 11.9 Å². The van der Waals surface area contributed by atoms with Crippen LogP contribution < -0.4 is 5.11 Å².